The lowest BCUT2D eigenvalue weighted by molar-refractivity contribution is 0.470. The Hall–Kier alpha value is -1.38. The summed E-state index contributed by atoms with van der Waals surface area (Å²) in [5, 5.41) is 6.29. The highest BCUT2D eigenvalue weighted by Gasteiger charge is 2.40. The Morgan fingerprint density at radius 2 is 1.84 bits per heavy atom. The first-order valence-electron chi connectivity index (χ1n) is 7.20. The van der Waals surface area contributed by atoms with Crippen molar-refractivity contribution in [2.45, 2.75) is 19.3 Å². The fourth-order valence-corrected chi connectivity index (χ4v) is 2.72. The van der Waals surface area contributed by atoms with Gasteiger partial charge in [-0.2, -0.15) is 0 Å². The molecule has 0 spiro atoms. The van der Waals surface area contributed by atoms with Crippen molar-refractivity contribution < 1.29 is 0 Å². The first kappa shape index (κ1) is 12.6. The quantitative estimate of drug-likeness (QED) is 0.778. The van der Waals surface area contributed by atoms with Gasteiger partial charge >= 0.3 is 0 Å². The van der Waals surface area contributed by atoms with Crippen LogP contribution in [0, 0.1) is 5.41 Å². The van der Waals surface area contributed by atoms with Gasteiger partial charge in [0.05, 0.1) is 0 Å². The van der Waals surface area contributed by atoms with Gasteiger partial charge in [-0.05, 0) is 54.1 Å². The lowest BCUT2D eigenvalue weighted by Gasteiger charge is -2.13. The zero-order chi connectivity index (χ0) is 13.1. The second-order valence-electron chi connectivity index (χ2n) is 5.77. The maximum Gasteiger partial charge on any atom is 0.00200 e. The van der Waals surface area contributed by atoms with Crippen LogP contribution in [-0.2, 0) is 6.42 Å². The molecule has 1 aliphatic carbocycles. The van der Waals surface area contributed by atoms with Crippen LogP contribution in [0.2, 0.25) is 0 Å². The van der Waals surface area contributed by atoms with Crippen molar-refractivity contribution in [3.63, 3.8) is 0 Å². The number of hydrogen-bond donors (Lipinski definition) is 2. The van der Waals surface area contributed by atoms with Crippen molar-refractivity contribution in [3.8, 4) is 0 Å². The predicted molar refractivity (Wildman–Crippen MR) is 81.2 cm³/mol. The first-order chi connectivity index (χ1) is 9.33. The van der Waals surface area contributed by atoms with Crippen LogP contribution in [0.5, 0.6) is 0 Å². The minimum absolute atomic E-state index is 0.429. The van der Waals surface area contributed by atoms with Gasteiger partial charge in [-0.15, -0.1) is 0 Å². The Morgan fingerprint density at radius 3 is 2.63 bits per heavy atom. The molecule has 0 aromatic heterocycles. The third-order valence-corrected chi connectivity index (χ3v) is 4.34. The summed E-state index contributed by atoms with van der Waals surface area (Å²) in [6.07, 6.45) is 3.68. The topological polar surface area (TPSA) is 38.0 Å². The van der Waals surface area contributed by atoms with Crippen LogP contribution in [0.25, 0.3) is 10.8 Å². The summed E-state index contributed by atoms with van der Waals surface area (Å²) < 4.78 is 0. The fourth-order valence-electron chi connectivity index (χ4n) is 2.72. The summed E-state index contributed by atoms with van der Waals surface area (Å²) in [4.78, 5) is 0. The number of nitrogens with two attached hydrogens (primary N) is 1. The Morgan fingerprint density at radius 1 is 1.05 bits per heavy atom. The highest BCUT2D eigenvalue weighted by atomic mass is 14.9. The van der Waals surface area contributed by atoms with E-state index in [-0.39, 0.29) is 0 Å². The van der Waals surface area contributed by atoms with E-state index in [4.69, 9.17) is 5.73 Å². The van der Waals surface area contributed by atoms with Gasteiger partial charge in [0, 0.05) is 6.54 Å². The summed E-state index contributed by atoms with van der Waals surface area (Å²) in [5.74, 6) is 0. The predicted octanol–water partition coefficient (Wildman–Crippen LogP) is 2.71. The monoisotopic (exact) mass is 254 g/mol. The average molecular weight is 254 g/mol. The Kier molecular flexibility index (Phi) is 3.54. The second kappa shape index (κ2) is 5.32. The van der Waals surface area contributed by atoms with Crippen molar-refractivity contribution in [2.24, 2.45) is 11.1 Å². The highest BCUT2D eigenvalue weighted by Crippen LogP contribution is 2.43. The molecule has 0 bridgehead atoms. The molecule has 1 saturated carbocycles. The molecule has 0 atom stereocenters. The maximum atomic E-state index is 5.80. The molecule has 100 valence electrons. The van der Waals surface area contributed by atoms with Crippen LogP contribution >= 0.6 is 0 Å². The minimum atomic E-state index is 0.429. The van der Waals surface area contributed by atoms with Gasteiger partial charge in [-0.3, -0.25) is 0 Å². The first-order valence-corrected chi connectivity index (χ1v) is 7.20. The van der Waals surface area contributed by atoms with Crippen LogP contribution in [0.3, 0.4) is 0 Å². The normalized spacial score (nSPS) is 16.7. The summed E-state index contributed by atoms with van der Waals surface area (Å²) in [5.41, 5.74) is 7.66. The summed E-state index contributed by atoms with van der Waals surface area (Å²) in [6, 6.07) is 15.2. The smallest absolute Gasteiger partial charge is 0.00200 e. The van der Waals surface area contributed by atoms with Crippen LogP contribution in [0.4, 0.5) is 0 Å². The summed E-state index contributed by atoms with van der Waals surface area (Å²) >= 11 is 0. The van der Waals surface area contributed by atoms with Crippen molar-refractivity contribution in [1.82, 2.24) is 5.32 Å². The molecule has 0 unspecified atom stereocenters. The van der Waals surface area contributed by atoms with Gasteiger partial charge in [-0.25, -0.2) is 0 Å². The number of fused-ring (bicyclic) bond motifs is 1. The van der Waals surface area contributed by atoms with E-state index in [2.05, 4.69) is 47.8 Å². The van der Waals surface area contributed by atoms with Gasteiger partial charge < -0.3 is 11.1 Å². The van der Waals surface area contributed by atoms with Crippen molar-refractivity contribution in [3.05, 3.63) is 48.0 Å². The molecule has 0 amide bonds. The van der Waals surface area contributed by atoms with E-state index >= 15 is 0 Å². The van der Waals surface area contributed by atoms with E-state index in [9.17, 15) is 0 Å². The number of benzene rings is 2. The molecule has 0 heterocycles. The molecule has 19 heavy (non-hydrogen) atoms. The SMILES string of the molecule is NCC1(CNCCc2cccc3ccccc23)CC1. The molecule has 3 rings (SSSR count). The van der Waals surface area contributed by atoms with E-state index in [1.807, 2.05) is 0 Å². The lowest BCUT2D eigenvalue weighted by atomic mass is 10.0. The Bertz CT molecular complexity index is 553. The van der Waals surface area contributed by atoms with Crippen molar-refractivity contribution in [2.75, 3.05) is 19.6 Å². The van der Waals surface area contributed by atoms with Crippen LogP contribution in [0.1, 0.15) is 18.4 Å². The molecular weight excluding hydrogens is 232 g/mol. The average Bonchev–Trinajstić information content (AvgIpc) is 3.24. The zero-order valence-corrected chi connectivity index (χ0v) is 11.4. The maximum absolute atomic E-state index is 5.80. The van der Waals surface area contributed by atoms with Crippen LogP contribution < -0.4 is 11.1 Å². The third kappa shape index (κ3) is 2.80. The molecule has 0 saturated heterocycles. The van der Waals surface area contributed by atoms with Gasteiger partial charge in [-0.1, -0.05) is 42.5 Å². The zero-order valence-electron chi connectivity index (χ0n) is 11.4. The Labute approximate surface area is 115 Å². The fraction of sp³-hybridized carbons (Fsp3) is 0.412. The van der Waals surface area contributed by atoms with E-state index in [1.54, 1.807) is 0 Å². The summed E-state index contributed by atoms with van der Waals surface area (Å²) in [7, 11) is 0. The molecule has 2 nitrogen and oxygen atoms in total. The van der Waals surface area contributed by atoms with Crippen molar-refractivity contribution >= 4 is 10.8 Å². The van der Waals surface area contributed by atoms with E-state index < -0.39 is 0 Å². The largest absolute Gasteiger partial charge is 0.330 e. The number of hydrogen-bond acceptors (Lipinski definition) is 2. The van der Waals surface area contributed by atoms with E-state index in [1.165, 1.54) is 29.2 Å². The molecule has 0 aliphatic heterocycles. The Balaban J connectivity index is 1.59. The summed E-state index contributed by atoms with van der Waals surface area (Å²) in [6.45, 7) is 2.94. The molecule has 1 aliphatic rings. The third-order valence-electron chi connectivity index (χ3n) is 4.34. The molecule has 3 N–H and O–H groups in total. The van der Waals surface area contributed by atoms with Crippen LogP contribution in [-0.4, -0.2) is 19.6 Å². The molecule has 2 aromatic carbocycles. The second-order valence-corrected chi connectivity index (χ2v) is 5.77. The van der Waals surface area contributed by atoms with E-state index in [0.29, 0.717) is 5.41 Å². The molecular formula is C17H22N2. The minimum Gasteiger partial charge on any atom is -0.330 e. The number of rotatable bonds is 6. The van der Waals surface area contributed by atoms with Gasteiger partial charge in [0.1, 0.15) is 0 Å². The van der Waals surface area contributed by atoms with Crippen molar-refractivity contribution in [1.29, 1.82) is 0 Å². The van der Waals surface area contributed by atoms with Gasteiger partial charge in [0.2, 0.25) is 0 Å². The number of nitrogens with one attached hydrogen (secondary N) is 1. The molecule has 0 radical (unpaired) electrons. The highest BCUT2D eigenvalue weighted by molar-refractivity contribution is 5.85. The molecule has 1 fully saturated rings. The molecule has 2 aromatic rings. The van der Waals surface area contributed by atoms with E-state index in [0.717, 1.165) is 26.1 Å². The molecule has 2 heteroatoms. The van der Waals surface area contributed by atoms with Gasteiger partial charge in [0.15, 0.2) is 0 Å². The standard InChI is InChI=1S/C17H22N2/c18-12-17(9-10-17)13-19-11-8-15-6-3-5-14-4-1-2-7-16(14)15/h1-7,19H,8-13,18H2. The lowest BCUT2D eigenvalue weighted by Crippen LogP contribution is -2.30. The van der Waals surface area contributed by atoms with Gasteiger partial charge in [0.25, 0.3) is 0 Å². The van der Waals surface area contributed by atoms with Crippen LogP contribution in [0.15, 0.2) is 42.5 Å².